The first kappa shape index (κ1) is 20.9. The molecule has 144 valence electrons. The molecule has 0 aliphatic carbocycles. The first-order valence-electron chi connectivity index (χ1n) is 8.48. The molecule has 2 aromatic rings. The van der Waals surface area contributed by atoms with E-state index < -0.39 is 0 Å². The Kier molecular flexibility index (Phi) is 7.82. The number of amides is 2. The summed E-state index contributed by atoms with van der Waals surface area (Å²) >= 11 is 3.50. The summed E-state index contributed by atoms with van der Waals surface area (Å²) in [4.78, 5) is 24.5. The molecule has 0 saturated heterocycles. The van der Waals surface area contributed by atoms with Gasteiger partial charge in [-0.05, 0) is 49.2 Å². The van der Waals surface area contributed by atoms with Crippen LogP contribution >= 0.6 is 15.9 Å². The van der Waals surface area contributed by atoms with Crippen molar-refractivity contribution < 1.29 is 19.1 Å². The van der Waals surface area contributed by atoms with E-state index in [-0.39, 0.29) is 18.4 Å². The average Bonchev–Trinajstić information content (AvgIpc) is 2.65. The molecule has 0 atom stereocenters. The van der Waals surface area contributed by atoms with E-state index >= 15 is 0 Å². The summed E-state index contributed by atoms with van der Waals surface area (Å²) in [5, 5.41) is 5.47. The number of carbonyl (C=O) groups excluding carboxylic acids is 2. The maximum atomic E-state index is 12.3. The predicted octanol–water partition coefficient (Wildman–Crippen LogP) is 3.46. The summed E-state index contributed by atoms with van der Waals surface area (Å²) in [6, 6.07) is 10.6. The lowest BCUT2D eigenvalue weighted by atomic mass is 10.1. The van der Waals surface area contributed by atoms with Gasteiger partial charge in [-0.3, -0.25) is 9.59 Å². The molecule has 7 heteroatoms. The maximum Gasteiger partial charge on any atom is 0.262 e. The van der Waals surface area contributed by atoms with Gasteiger partial charge in [-0.2, -0.15) is 0 Å². The molecule has 2 rings (SSSR count). The number of ether oxygens (including phenoxy) is 2. The van der Waals surface area contributed by atoms with Crippen LogP contribution in [0.5, 0.6) is 5.75 Å². The molecule has 27 heavy (non-hydrogen) atoms. The number of carbonyl (C=O) groups is 2. The number of rotatable bonds is 8. The summed E-state index contributed by atoms with van der Waals surface area (Å²) in [5.41, 5.74) is 2.88. The molecule has 0 radical (unpaired) electrons. The van der Waals surface area contributed by atoms with Crippen LogP contribution in [0.15, 0.2) is 40.9 Å². The normalized spacial score (nSPS) is 10.4. The summed E-state index contributed by atoms with van der Waals surface area (Å²) in [7, 11) is 1.56. The summed E-state index contributed by atoms with van der Waals surface area (Å²) in [6.45, 7) is 4.58. The SMILES string of the molecule is COCCNC(=O)c1ccccc1NC(=O)COc1cc(C)c(Br)c(C)c1. The molecule has 0 saturated carbocycles. The largest absolute Gasteiger partial charge is 0.484 e. The molecule has 0 heterocycles. The zero-order valence-corrected chi connectivity index (χ0v) is 17.2. The zero-order valence-electron chi connectivity index (χ0n) is 15.6. The molecule has 0 fully saturated rings. The van der Waals surface area contributed by atoms with E-state index in [9.17, 15) is 9.59 Å². The number of methoxy groups -OCH3 is 1. The molecule has 2 aromatic carbocycles. The summed E-state index contributed by atoms with van der Waals surface area (Å²) < 4.78 is 11.5. The third kappa shape index (κ3) is 6.08. The van der Waals surface area contributed by atoms with Crippen LogP contribution in [0.25, 0.3) is 0 Å². The van der Waals surface area contributed by atoms with Crippen molar-refractivity contribution >= 4 is 33.4 Å². The van der Waals surface area contributed by atoms with Gasteiger partial charge in [-0.25, -0.2) is 0 Å². The number of para-hydroxylation sites is 1. The van der Waals surface area contributed by atoms with E-state index in [1.54, 1.807) is 31.4 Å². The van der Waals surface area contributed by atoms with Gasteiger partial charge in [0.1, 0.15) is 5.75 Å². The number of aryl methyl sites for hydroxylation is 2. The molecule has 2 amide bonds. The number of nitrogens with one attached hydrogen (secondary N) is 2. The smallest absolute Gasteiger partial charge is 0.262 e. The van der Waals surface area contributed by atoms with Crippen molar-refractivity contribution in [2.45, 2.75) is 13.8 Å². The highest BCUT2D eigenvalue weighted by Gasteiger charge is 2.13. The van der Waals surface area contributed by atoms with E-state index in [4.69, 9.17) is 9.47 Å². The molecule has 0 aromatic heterocycles. The van der Waals surface area contributed by atoms with Crippen molar-refractivity contribution in [1.29, 1.82) is 0 Å². The Labute approximate surface area is 167 Å². The van der Waals surface area contributed by atoms with E-state index in [1.165, 1.54) is 0 Å². The molecule has 0 aliphatic heterocycles. The van der Waals surface area contributed by atoms with Gasteiger partial charge in [-0.15, -0.1) is 0 Å². The fourth-order valence-corrected chi connectivity index (χ4v) is 2.71. The first-order chi connectivity index (χ1) is 12.9. The summed E-state index contributed by atoms with van der Waals surface area (Å²) in [6.07, 6.45) is 0. The van der Waals surface area contributed by atoms with E-state index in [0.29, 0.717) is 30.2 Å². The van der Waals surface area contributed by atoms with Crippen molar-refractivity contribution in [3.8, 4) is 5.75 Å². The van der Waals surface area contributed by atoms with E-state index in [0.717, 1.165) is 15.6 Å². The van der Waals surface area contributed by atoms with Crippen LogP contribution in [0.1, 0.15) is 21.5 Å². The monoisotopic (exact) mass is 434 g/mol. The van der Waals surface area contributed by atoms with Crippen molar-refractivity contribution in [1.82, 2.24) is 5.32 Å². The molecule has 0 aliphatic rings. The Morgan fingerprint density at radius 2 is 1.78 bits per heavy atom. The second-order valence-electron chi connectivity index (χ2n) is 6.00. The van der Waals surface area contributed by atoms with Crippen molar-refractivity contribution in [3.63, 3.8) is 0 Å². The molecular weight excluding hydrogens is 412 g/mol. The van der Waals surface area contributed by atoms with Crippen LogP contribution in [-0.4, -0.2) is 38.7 Å². The standard InChI is InChI=1S/C20H23BrN2O4/c1-13-10-15(11-14(2)19(13)21)27-12-18(24)23-17-7-5-4-6-16(17)20(25)22-8-9-26-3/h4-7,10-11H,8-9,12H2,1-3H3,(H,22,25)(H,23,24). The number of halogens is 1. The lowest BCUT2D eigenvalue weighted by Gasteiger charge is -2.13. The lowest BCUT2D eigenvalue weighted by molar-refractivity contribution is -0.118. The third-order valence-corrected chi connectivity index (χ3v) is 5.07. The Hall–Kier alpha value is -2.38. The minimum atomic E-state index is -0.342. The van der Waals surface area contributed by atoms with Gasteiger partial charge in [0, 0.05) is 18.1 Å². The predicted molar refractivity (Wildman–Crippen MR) is 108 cm³/mol. The Bertz CT molecular complexity index is 800. The highest BCUT2D eigenvalue weighted by Crippen LogP contribution is 2.26. The highest BCUT2D eigenvalue weighted by atomic mass is 79.9. The minimum Gasteiger partial charge on any atom is -0.484 e. The van der Waals surface area contributed by atoms with Crippen LogP contribution in [0, 0.1) is 13.8 Å². The van der Waals surface area contributed by atoms with Crippen LogP contribution in [-0.2, 0) is 9.53 Å². The maximum absolute atomic E-state index is 12.3. The first-order valence-corrected chi connectivity index (χ1v) is 9.27. The number of benzene rings is 2. The van der Waals surface area contributed by atoms with Crippen molar-refractivity contribution in [2.75, 3.05) is 32.2 Å². The van der Waals surface area contributed by atoms with Crippen LogP contribution in [0.2, 0.25) is 0 Å². The Morgan fingerprint density at radius 3 is 2.44 bits per heavy atom. The van der Waals surface area contributed by atoms with Gasteiger partial charge in [-0.1, -0.05) is 28.1 Å². The van der Waals surface area contributed by atoms with Crippen molar-refractivity contribution in [3.05, 3.63) is 57.6 Å². The highest BCUT2D eigenvalue weighted by molar-refractivity contribution is 9.10. The van der Waals surface area contributed by atoms with Gasteiger partial charge in [0.05, 0.1) is 17.9 Å². The van der Waals surface area contributed by atoms with Crippen LogP contribution in [0.3, 0.4) is 0 Å². The summed E-state index contributed by atoms with van der Waals surface area (Å²) in [5.74, 6) is 0.00216. The second-order valence-corrected chi connectivity index (χ2v) is 6.80. The molecule has 0 unspecified atom stereocenters. The van der Waals surface area contributed by atoms with E-state index in [1.807, 2.05) is 26.0 Å². The number of hydrogen-bond donors (Lipinski definition) is 2. The zero-order chi connectivity index (χ0) is 19.8. The van der Waals surface area contributed by atoms with Gasteiger partial charge in [0.2, 0.25) is 0 Å². The molecular formula is C20H23BrN2O4. The molecule has 0 bridgehead atoms. The number of hydrogen-bond acceptors (Lipinski definition) is 4. The Balaban J connectivity index is 1.99. The minimum absolute atomic E-state index is 0.153. The van der Waals surface area contributed by atoms with Gasteiger partial charge < -0.3 is 20.1 Å². The molecule has 0 spiro atoms. The topological polar surface area (TPSA) is 76.7 Å². The van der Waals surface area contributed by atoms with E-state index in [2.05, 4.69) is 26.6 Å². The van der Waals surface area contributed by atoms with Gasteiger partial charge in [0.15, 0.2) is 6.61 Å². The number of anilines is 1. The van der Waals surface area contributed by atoms with Crippen LogP contribution in [0.4, 0.5) is 5.69 Å². The third-order valence-electron chi connectivity index (χ3n) is 3.82. The second kappa shape index (κ2) is 10.1. The fraction of sp³-hybridized carbons (Fsp3) is 0.300. The van der Waals surface area contributed by atoms with Gasteiger partial charge >= 0.3 is 0 Å². The fourth-order valence-electron chi connectivity index (χ4n) is 2.48. The van der Waals surface area contributed by atoms with Gasteiger partial charge in [0.25, 0.3) is 11.8 Å². The molecule has 2 N–H and O–H groups in total. The molecule has 6 nitrogen and oxygen atoms in total. The van der Waals surface area contributed by atoms with Crippen LogP contribution < -0.4 is 15.4 Å². The Morgan fingerprint density at radius 1 is 1.11 bits per heavy atom. The van der Waals surface area contributed by atoms with Crippen molar-refractivity contribution in [2.24, 2.45) is 0 Å². The average molecular weight is 435 g/mol. The lowest BCUT2D eigenvalue weighted by Crippen LogP contribution is -2.29. The quantitative estimate of drug-likeness (QED) is 0.623.